The highest BCUT2D eigenvalue weighted by Crippen LogP contribution is 2.12. The van der Waals surface area contributed by atoms with Crippen molar-refractivity contribution in [3.8, 4) is 0 Å². The Balaban J connectivity index is 2.96. The van der Waals surface area contributed by atoms with Crippen molar-refractivity contribution < 1.29 is 0 Å². The van der Waals surface area contributed by atoms with Crippen LogP contribution in [-0.2, 0) is 0 Å². The van der Waals surface area contributed by atoms with E-state index in [1.165, 1.54) is 0 Å². The van der Waals surface area contributed by atoms with Crippen molar-refractivity contribution in [2.75, 3.05) is 0 Å². The molecule has 0 aliphatic rings. The zero-order valence-corrected chi connectivity index (χ0v) is 7.28. The predicted molar refractivity (Wildman–Crippen MR) is 45.2 cm³/mol. The van der Waals surface area contributed by atoms with Crippen molar-refractivity contribution in [2.24, 2.45) is 5.73 Å². The fraction of sp³-hybridized carbons (Fsp3) is 0.625. The maximum absolute atomic E-state index is 5.71. The average molecular weight is 153 g/mol. The Morgan fingerprint density at radius 2 is 2.09 bits per heavy atom. The first-order chi connectivity index (χ1) is 5.13. The van der Waals surface area contributed by atoms with E-state index in [0.717, 1.165) is 5.82 Å². The summed E-state index contributed by atoms with van der Waals surface area (Å²) in [6.45, 7) is 6.18. The highest BCUT2D eigenvalue weighted by molar-refractivity contribution is 4.98. The summed E-state index contributed by atoms with van der Waals surface area (Å²) in [6, 6.07) is 0.464. The molecule has 0 aromatic carbocycles. The largest absolute Gasteiger partial charge is 0.331 e. The molecule has 1 heterocycles. The highest BCUT2D eigenvalue weighted by Gasteiger charge is 2.08. The van der Waals surface area contributed by atoms with E-state index in [1.54, 1.807) is 6.20 Å². The molecular weight excluding hydrogens is 138 g/mol. The molecule has 0 aliphatic carbocycles. The van der Waals surface area contributed by atoms with Crippen molar-refractivity contribution >= 4 is 0 Å². The van der Waals surface area contributed by atoms with Crippen LogP contribution in [-0.4, -0.2) is 9.55 Å². The van der Waals surface area contributed by atoms with E-state index in [0.29, 0.717) is 6.04 Å². The highest BCUT2D eigenvalue weighted by atomic mass is 15.1. The van der Waals surface area contributed by atoms with Gasteiger partial charge in [-0.15, -0.1) is 0 Å². The van der Waals surface area contributed by atoms with E-state index in [4.69, 9.17) is 5.73 Å². The van der Waals surface area contributed by atoms with Crippen molar-refractivity contribution in [1.82, 2.24) is 9.55 Å². The minimum Gasteiger partial charge on any atom is -0.331 e. The molecule has 3 nitrogen and oxygen atoms in total. The number of nitrogens with zero attached hydrogens (tertiary/aromatic N) is 2. The molecule has 0 unspecified atom stereocenters. The summed E-state index contributed by atoms with van der Waals surface area (Å²) in [5, 5.41) is 0. The molecule has 3 heteroatoms. The van der Waals surface area contributed by atoms with Gasteiger partial charge in [0.25, 0.3) is 0 Å². The number of aromatic nitrogens is 2. The first-order valence-corrected chi connectivity index (χ1v) is 3.91. The minimum atomic E-state index is 0.0207. The second-order valence-electron chi connectivity index (χ2n) is 3.08. The normalized spacial score (nSPS) is 13.9. The van der Waals surface area contributed by atoms with Gasteiger partial charge in [-0.1, -0.05) is 0 Å². The Labute approximate surface area is 67.2 Å². The zero-order chi connectivity index (χ0) is 8.43. The lowest BCUT2D eigenvalue weighted by atomic mass is 10.3. The number of nitrogens with two attached hydrogens (primary N) is 1. The Hall–Kier alpha value is -0.830. The summed E-state index contributed by atoms with van der Waals surface area (Å²) < 4.78 is 2.09. The van der Waals surface area contributed by atoms with Gasteiger partial charge < -0.3 is 10.3 Å². The SMILES string of the molecule is CC(C)n1ccnc1[C@@H](C)N. The fourth-order valence-electron chi connectivity index (χ4n) is 1.11. The molecule has 2 N–H and O–H groups in total. The summed E-state index contributed by atoms with van der Waals surface area (Å²) in [4.78, 5) is 4.17. The molecule has 1 rings (SSSR count). The summed E-state index contributed by atoms with van der Waals surface area (Å²) in [5.74, 6) is 0.958. The molecule has 1 atom stereocenters. The molecule has 11 heavy (non-hydrogen) atoms. The van der Waals surface area contributed by atoms with Crippen molar-refractivity contribution in [1.29, 1.82) is 0 Å². The van der Waals surface area contributed by atoms with Gasteiger partial charge in [0, 0.05) is 18.4 Å². The molecule has 0 saturated carbocycles. The van der Waals surface area contributed by atoms with Crippen molar-refractivity contribution in [3.05, 3.63) is 18.2 Å². The molecular formula is C8H15N3. The summed E-state index contributed by atoms with van der Waals surface area (Å²) in [5.41, 5.74) is 5.71. The van der Waals surface area contributed by atoms with Crippen LogP contribution in [0.15, 0.2) is 12.4 Å². The van der Waals surface area contributed by atoms with E-state index < -0.39 is 0 Å². The smallest absolute Gasteiger partial charge is 0.125 e. The molecule has 1 aromatic rings. The Morgan fingerprint density at radius 3 is 2.45 bits per heavy atom. The number of rotatable bonds is 2. The van der Waals surface area contributed by atoms with Gasteiger partial charge in [-0.3, -0.25) is 0 Å². The molecule has 1 aromatic heterocycles. The average Bonchev–Trinajstić information content (AvgIpc) is 2.32. The van der Waals surface area contributed by atoms with Gasteiger partial charge >= 0.3 is 0 Å². The standard InChI is InChI=1S/C8H15N3/c1-6(2)11-5-4-10-8(11)7(3)9/h4-7H,9H2,1-3H3/t7-/m1/s1. The Bertz CT molecular complexity index is 202. The molecule has 0 aliphatic heterocycles. The number of hydrogen-bond donors (Lipinski definition) is 1. The summed E-state index contributed by atoms with van der Waals surface area (Å²) >= 11 is 0. The fourth-order valence-corrected chi connectivity index (χ4v) is 1.11. The minimum absolute atomic E-state index is 0.0207. The number of hydrogen-bond acceptors (Lipinski definition) is 2. The van der Waals surface area contributed by atoms with Gasteiger partial charge in [0.05, 0.1) is 6.04 Å². The predicted octanol–water partition coefficient (Wildman–Crippen LogP) is 1.48. The molecule has 0 bridgehead atoms. The van der Waals surface area contributed by atoms with Crippen LogP contribution in [0.3, 0.4) is 0 Å². The van der Waals surface area contributed by atoms with E-state index in [2.05, 4.69) is 23.4 Å². The topological polar surface area (TPSA) is 43.8 Å². The lowest BCUT2D eigenvalue weighted by Crippen LogP contribution is -2.14. The van der Waals surface area contributed by atoms with E-state index in [-0.39, 0.29) is 6.04 Å². The van der Waals surface area contributed by atoms with E-state index in [1.807, 2.05) is 13.1 Å². The Morgan fingerprint density at radius 1 is 1.45 bits per heavy atom. The van der Waals surface area contributed by atoms with Gasteiger partial charge in [-0.2, -0.15) is 0 Å². The lowest BCUT2D eigenvalue weighted by Gasteiger charge is -2.12. The molecule has 0 radical (unpaired) electrons. The van der Waals surface area contributed by atoms with Crippen LogP contribution < -0.4 is 5.73 Å². The van der Waals surface area contributed by atoms with Crippen LogP contribution in [0, 0.1) is 0 Å². The third kappa shape index (κ3) is 1.60. The van der Waals surface area contributed by atoms with Crippen molar-refractivity contribution in [3.63, 3.8) is 0 Å². The van der Waals surface area contributed by atoms with Gasteiger partial charge in [-0.05, 0) is 20.8 Å². The monoisotopic (exact) mass is 153 g/mol. The maximum atomic E-state index is 5.71. The van der Waals surface area contributed by atoms with Gasteiger partial charge in [0.2, 0.25) is 0 Å². The number of imidazole rings is 1. The molecule has 0 saturated heterocycles. The first kappa shape index (κ1) is 8.27. The third-order valence-corrected chi connectivity index (χ3v) is 1.66. The molecule has 0 spiro atoms. The molecule has 0 amide bonds. The molecule has 62 valence electrons. The zero-order valence-electron chi connectivity index (χ0n) is 7.28. The van der Waals surface area contributed by atoms with Gasteiger partial charge in [-0.25, -0.2) is 4.98 Å². The van der Waals surface area contributed by atoms with Gasteiger partial charge in [0.15, 0.2) is 0 Å². The van der Waals surface area contributed by atoms with Crippen molar-refractivity contribution in [2.45, 2.75) is 32.9 Å². The van der Waals surface area contributed by atoms with Crippen LogP contribution in [0.5, 0.6) is 0 Å². The second kappa shape index (κ2) is 3.05. The van der Waals surface area contributed by atoms with Crippen LogP contribution in [0.4, 0.5) is 0 Å². The second-order valence-corrected chi connectivity index (χ2v) is 3.08. The first-order valence-electron chi connectivity index (χ1n) is 3.91. The maximum Gasteiger partial charge on any atom is 0.125 e. The van der Waals surface area contributed by atoms with E-state index >= 15 is 0 Å². The van der Waals surface area contributed by atoms with Crippen LogP contribution in [0.1, 0.15) is 38.7 Å². The van der Waals surface area contributed by atoms with Crippen LogP contribution in [0.2, 0.25) is 0 Å². The lowest BCUT2D eigenvalue weighted by molar-refractivity contribution is 0.543. The third-order valence-electron chi connectivity index (χ3n) is 1.66. The molecule has 0 fully saturated rings. The van der Waals surface area contributed by atoms with Gasteiger partial charge in [0.1, 0.15) is 5.82 Å². The summed E-state index contributed by atoms with van der Waals surface area (Å²) in [7, 11) is 0. The van der Waals surface area contributed by atoms with E-state index in [9.17, 15) is 0 Å². The summed E-state index contributed by atoms with van der Waals surface area (Å²) in [6.07, 6.45) is 3.75. The Kier molecular flexibility index (Phi) is 2.29. The quantitative estimate of drug-likeness (QED) is 0.699. The van der Waals surface area contributed by atoms with Crippen LogP contribution >= 0.6 is 0 Å². The van der Waals surface area contributed by atoms with Crippen LogP contribution in [0.25, 0.3) is 0 Å².